The lowest BCUT2D eigenvalue weighted by molar-refractivity contribution is -0.142. The van der Waals surface area contributed by atoms with Crippen LogP contribution < -0.4 is 10.6 Å². The van der Waals surface area contributed by atoms with Crippen LogP contribution in [0.25, 0.3) is 11.1 Å². The van der Waals surface area contributed by atoms with E-state index in [0.717, 1.165) is 30.4 Å². The van der Waals surface area contributed by atoms with Crippen molar-refractivity contribution in [3.63, 3.8) is 0 Å². The molecule has 2 aromatic rings. The van der Waals surface area contributed by atoms with Gasteiger partial charge in [-0.3, -0.25) is 4.79 Å². The van der Waals surface area contributed by atoms with Gasteiger partial charge >= 0.3 is 12.1 Å². The van der Waals surface area contributed by atoms with E-state index >= 15 is 0 Å². The number of nitrogens with one attached hydrogen (secondary N) is 2. The Kier molecular flexibility index (Phi) is 6.96. The molecule has 3 N–H and O–H groups in total. The van der Waals surface area contributed by atoms with Crippen LogP contribution in [0.2, 0.25) is 0 Å². The summed E-state index contributed by atoms with van der Waals surface area (Å²) in [5, 5.41) is 14.6. The van der Waals surface area contributed by atoms with E-state index in [1.807, 2.05) is 24.3 Å². The molecule has 0 aromatic heterocycles. The number of benzene rings is 2. The van der Waals surface area contributed by atoms with Crippen LogP contribution in [0.3, 0.4) is 0 Å². The van der Waals surface area contributed by atoms with E-state index in [0.29, 0.717) is 6.42 Å². The standard InChI is InChI=1S/C26H30N2O5/c1-2-22(25(30)31)27-24(29)14-16-8-7-13-23(16)28-26(32)33-15-21-19-11-5-3-9-17(19)18-10-4-6-12-20(18)21/h3-6,9-12,16,21-23H,2,7-8,13-15H2,1H3,(H,27,29)(H,28,32)(H,30,31)/t16?,22-,23?/m0/s1. The van der Waals surface area contributed by atoms with Gasteiger partial charge in [-0.15, -0.1) is 0 Å². The fourth-order valence-electron chi connectivity index (χ4n) is 5.09. The number of fused-ring (bicyclic) bond motifs is 3. The van der Waals surface area contributed by atoms with Crippen molar-refractivity contribution in [1.82, 2.24) is 10.6 Å². The number of aliphatic carboxylic acids is 1. The maximum atomic E-state index is 12.6. The predicted molar refractivity (Wildman–Crippen MR) is 124 cm³/mol. The van der Waals surface area contributed by atoms with Gasteiger partial charge in [-0.25, -0.2) is 9.59 Å². The summed E-state index contributed by atoms with van der Waals surface area (Å²) in [7, 11) is 0. The minimum Gasteiger partial charge on any atom is -0.480 e. The number of hydrogen-bond donors (Lipinski definition) is 3. The Labute approximate surface area is 193 Å². The molecule has 0 heterocycles. The summed E-state index contributed by atoms with van der Waals surface area (Å²) in [6, 6.07) is 15.3. The molecule has 2 unspecified atom stereocenters. The quantitative estimate of drug-likeness (QED) is 0.563. The summed E-state index contributed by atoms with van der Waals surface area (Å²) in [6.07, 6.45) is 2.53. The molecule has 0 radical (unpaired) electrons. The van der Waals surface area contributed by atoms with Crippen LogP contribution in [0.4, 0.5) is 4.79 Å². The number of hydrogen-bond acceptors (Lipinski definition) is 4. The van der Waals surface area contributed by atoms with E-state index in [-0.39, 0.29) is 36.8 Å². The van der Waals surface area contributed by atoms with E-state index < -0.39 is 18.1 Å². The number of amides is 2. The fraction of sp³-hybridized carbons (Fsp3) is 0.423. The average Bonchev–Trinajstić information content (AvgIpc) is 3.37. The van der Waals surface area contributed by atoms with Crippen molar-refractivity contribution in [2.75, 3.05) is 6.61 Å². The molecule has 2 aliphatic rings. The largest absolute Gasteiger partial charge is 0.480 e. The first-order valence-corrected chi connectivity index (χ1v) is 11.6. The summed E-state index contributed by atoms with van der Waals surface area (Å²) >= 11 is 0. The average molecular weight is 451 g/mol. The van der Waals surface area contributed by atoms with E-state index in [2.05, 4.69) is 34.9 Å². The second-order valence-electron chi connectivity index (χ2n) is 8.84. The molecule has 2 amide bonds. The number of carboxylic acids is 1. The number of carbonyl (C=O) groups excluding carboxylic acids is 2. The lowest BCUT2D eigenvalue weighted by Crippen LogP contribution is -2.43. The Balaban J connectivity index is 1.33. The van der Waals surface area contributed by atoms with Gasteiger partial charge in [-0.1, -0.05) is 61.9 Å². The number of alkyl carbamates (subject to hydrolysis) is 1. The van der Waals surface area contributed by atoms with Crippen molar-refractivity contribution in [2.45, 2.75) is 57.0 Å². The van der Waals surface area contributed by atoms with Crippen LogP contribution in [-0.2, 0) is 14.3 Å². The van der Waals surface area contributed by atoms with Crippen molar-refractivity contribution < 1.29 is 24.2 Å². The van der Waals surface area contributed by atoms with E-state index in [1.165, 1.54) is 11.1 Å². The third kappa shape index (κ3) is 5.02. The van der Waals surface area contributed by atoms with Crippen molar-refractivity contribution in [1.29, 1.82) is 0 Å². The van der Waals surface area contributed by atoms with Gasteiger partial charge in [-0.05, 0) is 47.4 Å². The molecule has 3 atom stereocenters. The van der Waals surface area contributed by atoms with E-state index in [1.54, 1.807) is 6.92 Å². The highest BCUT2D eigenvalue weighted by Gasteiger charge is 2.33. The van der Waals surface area contributed by atoms with Crippen LogP contribution in [0, 0.1) is 5.92 Å². The SMILES string of the molecule is CC[C@H](NC(=O)CC1CCCC1NC(=O)OCC1c2ccccc2-c2ccccc21)C(=O)O. The van der Waals surface area contributed by atoms with Crippen molar-refractivity contribution in [2.24, 2.45) is 5.92 Å². The third-order valence-corrected chi connectivity index (χ3v) is 6.80. The highest BCUT2D eigenvalue weighted by Crippen LogP contribution is 2.44. The summed E-state index contributed by atoms with van der Waals surface area (Å²) in [4.78, 5) is 36.1. The molecular weight excluding hydrogens is 420 g/mol. The van der Waals surface area contributed by atoms with Crippen LogP contribution >= 0.6 is 0 Å². The molecule has 0 bridgehead atoms. The number of ether oxygens (including phenoxy) is 1. The van der Waals surface area contributed by atoms with Gasteiger partial charge in [0.05, 0.1) is 0 Å². The second kappa shape index (κ2) is 10.1. The summed E-state index contributed by atoms with van der Waals surface area (Å²) in [5.41, 5.74) is 4.67. The zero-order valence-corrected chi connectivity index (χ0v) is 18.8. The molecule has 2 aliphatic carbocycles. The van der Waals surface area contributed by atoms with Gasteiger partial charge in [0.15, 0.2) is 0 Å². The number of carboxylic acid groups (broad SMARTS) is 1. The van der Waals surface area contributed by atoms with Crippen molar-refractivity contribution in [3.8, 4) is 11.1 Å². The normalized spacial score (nSPS) is 19.9. The maximum Gasteiger partial charge on any atom is 0.407 e. The van der Waals surface area contributed by atoms with Gasteiger partial charge in [-0.2, -0.15) is 0 Å². The van der Waals surface area contributed by atoms with Gasteiger partial charge in [0, 0.05) is 18.4 Å². The lowest BCUT2D eigenvalue weighted by Gasteiger charge is -2.22. The Morgan fingerprint density at radius 3 is 2.27 bits per heavy atom. The molecule has 0 saturated heterocycles. The maximum absolute atomic E-state index is 12.6. The van der Waals surface area contributed by atoms with Crippen LogP contribution in [0.5, 0.6) is 0 Å². The third-order valence-electron chi connectivity index (χ3n) is 6.80. The Bertz CT molecular complexity index is 991. The number of carbonyl (C=O) groups is 3. The fourth-order valence-corrected chi connectivity index (χ4v) is 5.09. The van der Waals surface area contributed by atoms with Crippen molar-refractivity contribution >= 4 is 18.0 Å². The van der Waals surface area contributed by atoms with Gasteiger partial charge in [0.1, 0.15) is 12.6 Å². The molecule has 7 heteroatoms. The molecule has 7 nitrogen and oxygen atoms in total. The molecule has 1 fully saturated rings. The van der Waals surface area contributed by atoms with E-state index in [4.69, 9.17) is 9.84 Å². The smallest absolute Gasteiger partial charge is 0.407 e. The molecule has 33 heavy (non-hydrogen) atoms. The highest BCUT2D eigenvalue weighted by atomic mass is 16.5. The molecule has 2 aromatic carbocycles. The lowest BCUT2D eigenvalue weighted by atomic mass is 9.98. The molecule has 1 saturated carbocycles. The first kappa shape index (κ1) is 22.8. The monoisotopic (exact) mass is 450 g/mol. The number of rotatable bonds is 8. The minimum absolute atomic E-state index is 0.00435. The van der Waals surface area contributed by atoms with Gasteiger partial charge in [0.25, 0.3) is 0 Å². The van der Waals surface area contributed by atoms with Crippen LogP contribution in [-0.4, -0.2) is 41.8 Å². The first-order chi connectivity index (χ1) is 16.0. The topological polar surface area (TPSA) is 105 Å². The zero-order valence-electron chi connectivity index (χ0n) is 18.8. The summed E-state index contributed by atoms with van der Waals surface area (Å²) < 4.78 is 5.64. The highest BCUT2D eigenvalue weighted by molar-refractivity contribution is 5.83. The van der Waals surface area contributed by atoms with Crippen molar-refractivity contribution in [3.05, 3.63) is 59.7 Å². The predicted octanol–water partition coefficient (Wildman–Crippen LogP) is 4.06. The first-order valence-electron chi connectivity index (χ1n) is 11.6. The zero-order chi connectivity index (χ0) is 23.4. The van der Waals surface area contributed by atoms with Crippen LogP contribution in [0.1, 0.15) is 56.1 Å². The molecular formula is C26H30N2O5. The molecule has 4 rings (SSSR count). The Hall–Kier alpha value is -3.35. The second-order valence-corrected chi connectivity index (χ2v) is 8.84. The molecule has 0 spiro atoms. The van der Waals surface area contributed by atoms with Gasteiger partial charge in [0.2, 0.25) is 5.91 Å². The van der Waals surface area contributed by atoms with Gasteiger partial charge < -0.3 is 20.5 Å². The summed E-state index contributed by atoms with van der Waals surface area (Å²) in [6.45, 7) is 1.96. The summed E-state index contributed by atoms with van der Waals surface area (Å²) in [5.74, 6) is -1.37. The van der Waals surface area contributed by atoms with E-state index in [9.17, 15) is 14.4 Å². The molecule has 0 aliphatic heterocycles. The Morgan fingerprint density at radius 1 is 1.03 bits per heavy atom. The Morgan fingerprint density at radius 2 is 1.67 bits per heavy atom. The van der Waals surface area contributed by atoms with Crippen LogP contribution in [0.15, 0.2) is 48.5 Å². The minimum atomic E-state index is -1.04. The molecule has 174 valence electrons.